The van der Waals surface area contributed by atoms with Crippen molar-refractivity contribution < 1.29 is 9.90 Å². The minimum absolute atomic E-state index is 0.218. The summed E-state index contributed by atoms with van der Waals surface area (Å²) in [6, 6.07) is 12.8. The van der Waals surface area contributed by atoms with E-state index in [4.69, 9.17) is 16.7 Å². The highest BCUT2D eigenvalue weighted by Crippen LogP contribution is 2.28. The van der Waals surface area contributed by atoms with E-state index in [1.807, 2.05) is 13.0 Å². The standard InChI is InChI=1S/C22H27ClN2O2/c1-4-21(16-6-8-20(23)15(3)9-16)24-19-7-5-14(2)17(10-19)11-25-12-18(13-25)22(26)27/h5-10,18,21,24H,4,11-13H2,1-3H3,(H,26,27)/t21-/m1/s1. The van der Waals surface area contributed by atoms with Crippen molar-refractivity contribution in [2.75, 3.05) is 18.4 Å². The molecule has 2 N–H and O–H groups in total. The van der Waals surface area contributed by atoms with Crippen LogP contribution in [-0.4, -0.2) is 29.1 Å². The Morgan fingerprint density at radius 2 is 1.96 bits per heavy atom. The second-order valence-electron chi connectivity index (χ2n) is 7.48. The van der Waals surface area contributed by atoms with Crippen LogP contribution in [0.1, 0.15) is 41.6 Å². The van der Waals surface area contributed by atoms with Gasteiger partial charge in [-0.15, -0.1) is 0 Å². The predicted molar refractivity (Wildman–Crippen MR) is 110 cm³/mol. The van der Waals surface area contributed by atoms with Gasteiger partial charge in [-0.25, -0.2) is 0 Å². The molecule has 3 rings (SSSR count). The molecule has 0 bridgehead atoms. The third kappa shape index (κ3) is 4.63. The number of aliphatic carboxylic acids is 1. The minimum Gasteiger partial charge on any atom is -0.481 e. The van der Waals surface area contributed by atoms with E-state index in [2.05, 4.69) is 54.4 Å². The molecule has 27 heavy (non-hydrogen) atoms. The Morgan fingerprint density at radius 1 is 1.22 bits per heavy atom. The number of hydrogen-bond donors (Lipinski definition) is 2. The zero-order chi connectivity index (χ0) is 19.6. The van der Waals surface area contributed by atoms with Crippen molar-refractivity contribution in [1.29, 1.82) is 0 Å². The molecule has 144 valence electrons. The number of nitrogens with one attached hydrogen (secondary N) is 1. The lowest BCUT2D eigenvalue weighted by atomic mass is 9.98. The molecule has 1 heterocycles. The molecule has 2 aromatic rings. The van der Waals surface area contributed by atoms with E-state index in [0.29, 0.717) is 13.1 Å². The SMILES string of the molecule is CC[C@@H](Nc1ccc(C)c(CN2CC(C(=O)O)C2)c1)c1ccc(Cl)c(C)c1. The van der Waals surface area contributed by atoms with Crippen molar-refractivity contribution in [2.24, 2.45) is 5.92 Å². The van der Waals surface area contributed by atoms with Gasteiger partial charge in [0, 0.05) is 30.3 Å². The molecule has 5 heteroatoms. The van der Waals surface area contributed by atoms with Crippen molar-refractivity contribution >= 4 is 23.3 Å². The van der Waals surface area contributed by atoms with Gasteiger partial charge in [0.1, 0.15) is 0 Å². The highest BCUT2D eigenvalue weighted by molar-refractivity contribution is 6.31. The Kier molecular flexibility index (Phi) is 6.08. The Morgan fingerprint density at radius 3 is 2.59 bits per heavy atom. The fourth-order valence-corrected chi connectivity index (χ4v) is 3.65. The van der Waals surface area contributed by atoms with Gasteiger partial charge in [0.2, 0.25) is 0 Å². The number of carbonyl (C=O) groups is 1. The van der Waals surface area contributed by atoms with Crippen LogP contribution in [0.2, 0.25) is 5.02 Å². The average Bonchev–Trinajstić information content (AvgIpc) is 2.60. The van der Waals surface area contributed by atoms with Gasteiger partial charge in [-0.05, 0) is 60.7 Å². The third-order valence-electron chi connectivity index (χ3n) is 5.38. The van der Waals surface area contributed by atoms with Gasteiger partial charge in [0.15, 0.2) is 0 Å². The molecule has 1 fully saturated rings. The number of anilines is 1. The summed E-state index contributed by atoms with van der Waals surface area (Å²) in [4.78, 5) is 13.2. The molecule has 0 unspecified atom stereocenters. The molecule has 0 aliphatic carbocycles. The first-order valence-corrected chi connectivity index (χ1v) is 9.82. The summed E-state index contributed by atoms with van der Waals surface area (Å²) in [6.07, 6.45) is 0.969. The molecule has 0 saturated carbocycles. The molecule has 2 aromatic carbocycles. The fraction of sp³-hybridized carbons (Fsp3) is 0.409. The quantitative estimate of drug-likeness (QED) is 0.700. The van der Waals surface area contributed by atoms with Crippen molar-refractivity contribution in [3.63, 3.8) is 0 Å². The molecule has 4 nitrogen and oxygen atoms in total. The predicted octanol–water partition coefficient (Wildman–Crippen LogP) is 5.04. The van der Waals surface area contributed by atoms with Gasteiger partial charge in [-0.3, -0.25) is 9.69 Å². The topological polar surface area (TPSA) is 52.6 Å². The zero-order valence-corrected chi connectivity index (χ0v) is 16.9. The van der Waals surface area contributed by atoms with Gasteiger partial charge in [-0.2, -0.15) is 0 Å². The number of benzene rings is 2. The number of aryl methyl sites for hydroxylation is 2. The molecule has 1 saturated heterocycles. The summed E-state index contributed by atoms with van der Waals surface area (Å²) < 4.78 is 0. The number of hydrogen-bond acceptors (Lipinski definition) is 3. The molecular formula is C22H27ClN2O2. The van der Waals surface area contributed by atoms with Gasteiger partial charge < -0.3 is 10.4 Å². The van der Waals surface area contributed by atoms with Crippen LogP contribution in [-0.2, 0) is 11.3 Å². The van der Waals surface area contributed by atoms with E-state index in [9.17, 15) is 4.79 Å². The lowest BCUT2D eigenvalue weighted by molar-refractivity contribution is -0.147. The number of halogens is 1. The van der Waals surface area contributed by atoms with Crippen LogP contribution in [0.4, 0.5) is 5.69 Å². The molecule has 1 aliphatic heterocycles. The monoisotopic (exact) mass is 386 g/mol. The Labute approximate surface area is 166 Å². The largest absolute Gasteiger partial charge is 0.481 e. The molecule has 0 radical (unpaired) electrons. The number of carboxylic acid groups (broad SMARTS) is 1. The van der Waals surface area contributed by atoms with Crippen LogP contribution in [0.25, 0.3) is 0 Å². The molecular weight excluding hydrogens is 360 g/mol. The first kappa shape index (κ1) is 19.7. The summed E-state index contributed by atoms with van der Waals surface area (Å²) in [7, 11) is 0. The van der Waals surface area contributed by atoms with Crippen LogP contribution >= 0.6 is 11.6 Å². The lowest BCUT2D eigenvalue weighted by Crippen LogP contribution is -2.49. The van der Waals surface area contributed by atoms with E-state index in [-0.39, 0.29) is 12.0 Å². The lowest BCUT2D eigenvalue weighted by Gasteiger charge is -2.37. The molecule has 0 aromatic heterocycles. The first-order chi connectivity index (χ1) is 12.9. The van der Waals surface area contributed by atoms with Crippen molar-refractivity contribution in [3.05, 3.63) is 63.7 Å². The second kappa shape index (κ2) is 8.32. The van der Waals surface area contributed by atoms with Gasteiger partial charge >= 0.3 is 5.97 Å². The Bertz CT molecular complexity index is 831. The maximum Gasteiger partial charge on any atom is 0.309 e. The van der Waals surface area contributed by atoms with Crippen molar-refractivity contribution in [1.82, 2.24) is 4.90 Å². The number of likely N-dealkylation sites (tertiary alicyclic amines) is 1. The van der Waals surface area contributed by atoms with Crippen LogP contribution in [0.15, 0.2) is 36.4 Å². The van der Waals surface area contributed by atoms with Crippen molar-refractivity contribution in [3.8, 4) is 0 Å². The highest BCUT2D eigenvalue weighted by atomic mass is 35.5. The van der Waals surface area contributed by atoms with Gasteiger partial charge in [0.05, 0.1) is 12.0 Å². The smallest absolute Gasteiger partial charge is 0.309 e. The number of rotatable bonds is 7. The average molecular weight is 387 g/mol. The number of nitrogens with zero attached hydrogens (tertiary/aromatic N) is 1. The normalized spacial score (nSPS) is 16.0. The van der Waals surface area contributed by atoms with E-state index in [1.165, 1.54) is 16.7 Å². The summed E-state index contributed by atoms with van der Waals surface area (Å²) in [5.41, 5.74) is 5.88. The van der Waals surface area contributed by atoms with Crippen LogP contribution in [0.5, 0.6) is 0 Å². The van der Waals surface area contributed by atoms with Gasteiger partial charge in [-0.1, -0.05) is 36.7 Å². The van der Waals surface area contributed by atoms with E-state index < -0.39 is 5.97 Å². The van der Waals surface area contributed by atoms with E-state index >= 15 is 0 Å². The zero-order valence-electron chi connectivity index (χ0n) is 16.1. The summed E-state index contributed by atoms with van der Waals surface area (Å²) in [5.74, 6) is -0.910. The van der Waals surface area contributed by atoms with Crippen molar-refractivity contribution in [2.45, 2.75) is 39.8 Å². The maximum atomic E-state index is 11.0. The third-order valence-corrected chi connectivity index (χ3v) is 5.81. The number of carboxylic acids is 1. The maximum absolute atomic E-state index is 11.0. The van der Waals surface area contributed by atoms with Gasteiger partial charge in [0.25, 0.3) is 0 Å². The first-order valence-electron chi connectivity index (χ1n) is 9.44. The summed E-state index contributed by atoms with van der Waals surface area (Å²) in [6.45, 7) is 8.36. The molecule has 0 amide bonds. The van der Waals surface area contributed by atoms with Crippen LogP contribution in [0.3, 0.4) is 0 Å². The van der Waals surface area contributed by atoms with E-state index in [1.54, 1.807) is 0 Å². The summed E-state index contributed by atoms with van der Waals surface area (Å²) in [5, 5.41) is 13.5. The molecule has 1 aliphatic rings. The second-order valence-corrected chi connectivity index (χ2v) is 7.89. The van der Waals surface area contributed by atoms with Crippen LogP contribution in [0, 0.1) is 19.8 Å². The molecule has 0 spiro atoms. The van der Waals surface area contributed by atoms with Crippen LogP contribution < -0.4 is 5.32 Å². The minimum atomic E-state index is -0.692. The highest BCUT2D eigenvalue weighted by Gasteiger charge is 2.32. The Hall–Kier alpha value is -2.04. The summed E-state index contributed by atoms with van der Waals surface area (Å²) >= 11 is 6.16. The van der Waals surface area contributed by atoms with E-state index in [0.717, 1.165) is 29.2 Å². The molecule has 1 atom stereocenters. The Balaban J connectivity index is 1.71. The fourth-order valence-electron chi connectivity index (χ4n) is 3.53.